The average Bonchev–Trinajstić information content (AvgIpc) is 2.86. The molecule has 0 fully saturated rings. The smallest absolute Gasteiger partial charge is 0.123 e. The van der Waals surface area contributed by atoms with Gasteiger partial charge in [-0.15, -0.1) is 0 Å². The molecule has 3 unspecified atom stereocenters. The van der Waals surface area contributed by atoms with Gasteiger partial charge in [0.1, 0.15) is 5.76 Å². The minimum Gasteiger partial charge on any atom is -0.467 e. The first-order valence-corrected chi connectivity index (χ1v) is 7.11. The Morgan fingerprint density at radius 3 is 2.45 bits per heavy atom. The van der Waals surface area contributed by atoms with Gasteiger partial charge in [-0.25, -0.2) is 0 Å². The fourth-order valence-corrected chi connectivity index (χ4v) is 2.54. The molecule has 0 radical (unpaired) electrons. The zero-order chi connectivity index (χ0) is 14.5. The van der Waals surface area contributed by atoms with Gasteiger partial charge in [-0.3, -0.25) is 0 Å². The lowest BCUT2D eigenvalue weighted by atomic mass is 10.0. The highest BCUT2D eigenvalue weighted by molar-refractivity contribution is 5.19. The Kier molecular flexibility index (Phi) is 4.99. The second-order valence-corrected chi connectivity index (χ2v) is 5.42. The Morgan fingerprint density at radius 2 is 1.85 bits per heavy atom. The van der Waals surface area contributed by atoms with Crippen LogP contribution in [0.1, 0.15) is 49.3 Å². The number of nitrogens with one attached hydrogen (secondary N) is 1. The Balaban J connectivity index is 1.89. The highest BCUT2D eigenvalue weighted by atomic mass is 16.3. The third-order valence-electron chi connectivity index (χ3n) is 3.59. The second-order valence-electron chi connectivity index (χ2n) is 5.42. The molecule has 0 aliphatic carbocycles. The number of aryl methyl sites for hydroxylation is 1. The first-order valence-electron chi connectivity index (χ1n) is 7.11. The zero-order valence-corrected chi connectivity index (χ0v) is 12.3. The van der Waals surface area contributed by atoms with Crippen LogP contribution in [0.5, 0.6) is 0 Å². The van der Waals surface area contributed by atoms with Crippen molar-refractivity contribution in [3.05, 3.63) is 59.5 Å². The third kappa shape index (κ3) is 3.71. The van der Waals surface area contributed by atoms with Crippen molar-refractivity contribution >= 4 is 0 Å². The van der Waals surface area contributed by atoms with Gasteiger partial charge < -0.3 is 14.8 Å². The summed E-state index contributed by atoms with van der Waals surface area (Å²) >= 11 is 0. The molecule has 2 N–H and O–H groups in total. The topological polar surface area (TPSA) is 45.4 Å². The van der Waals surface area contributed by atoms with E-state index in [1.54, 1.807) is 6.26 Å². The van der Waals surface area contributed by atoms with E-state index in [2.05, 4.69) is 19.2 Å². The monoisotopic (exact) mass is 273 g/mol. The lowest BCUT2D eigenvalue weighted by molar-refractivity contribution is 0.151. The summed E-state index contributed by atoms with van der Waals surface area (Å²) < 4.78 is 5.49. The van der Waals surface area contributed by atoms with Crippen LogP contribution in [-0.2, 0) is 0 Å². The summed E-state index contributed by atoms with van der Waals surface area (Å²) in [6, 6.07) is 12.1. The number of hydrogen-bond donors (Lipinski definition) is 2. The minimum atomic E-state index is -0.441. The van der Waals surface area contributed by atoms with Gasteiger partial charge in [0, 0.05) is 6.04 Å². The summed E-state index contributed by atoms with van der Waals surface area (Å²) in [5.41, 5.74) is 2.11. The lowest BCUT2D eigenvalue weighted by Gasteiger charge is -2.22. The van der Waals surface area contributed by atoms with Crippen LogP contribution in [0.2, 0.25) is 0 Å². The molecule has 3 atom stereocenters. The van der Waals surface area contributed by atoms with Crippen LogP contribution in [0, 0.1) is 6.92 Å². The van der Waals surface area contributed by atoms with E-state index >= 15 is 0 Å². The van der Waals surface area contributed by atoms with Gasteiger partial charge in [0.2, 0.25) is 0 Å². The summed E-state index contributed by atoms with van der Waals surface area (Å²) in [5.74, 6) is 0.964. The van der Waals surface area contributed by atoms with Gasteiger partial charge in [0.15, 0.2) is 0 Å². The summed E-state index contributed by atoms with van der Waals surface area (Å²) in [5, 5.41) is 13.7. The Labute approximate surface area is 120 Å². The van der Waals surface area contributed by atoms with Gasteiger partial charge >= 0.3 is 0 Å². The molecule has 2 rings (SSSR count). The maximum absolute atomic E-state index is 10.2. The van der Waals surface area contributed by atoms with Crippen molar-refractivity contribution in [1.82, 2.24) is 5.32 Å². The van der Waals surface area contributed by atoms with Crippen LogP contribution in [-0.4, -0.2) is 11.1 Å². The van der Waals surface area contributed by atoms with Gasteiger partial charge in [-0.05, 0) is 44.4 Å². The molecule has 3 heteroatoms. The van der Waals surface area contributed by atoms with Gasteiger partial charge in [0.05, 0.1) is 18.4 Å². The van der Waals surface area contributed by atoms with E-state index in [4.69, 9.17) is 4.42 Å². The number of hydrogen-bond acceptors (Lipinski definition) is 3. The molecule has 0 amide bonds. The standard InChI is InChI=1S/C17H23NO2/c1-12-9-10-20-17(12)14(3)18-13(2)11-16(19)15-7-5-4-6-8-15/h4-10,13-14,16,18-19H,11H2,1-3H3. The van der Waals surface area contributed by atoms with E-state index in [0.29, 0.717) is 6.42 Å². The van der Waals surface area contributed by atoms with E-state index in [9.17, 15) is 5.11 Å². The highest BCUT2D eigenvalue weighted by Crippen LogP contribution is 2.22. The fourth-order valence-electron chi connectivity index (χ4n) is 2.54. The van der Waals surface area contributed by atoms with Crippen LogP contribution in [0.25, 0.3) is 0 Å². The summed E-state index contributed by atoms with van der Waals surface area (Å²) in [4.78, 5) is 0. The SMILES string of the molecule is Cc1ccoc1C(C)NC(C)CC(O)c1ccccc1. The normalized spacial score (nSPS) is 15.8. The molecule has 3 nitrogen and oxygen atoms in total. The molecule has 1 aromatic carbocycles. The molecule has 2 aromatic rings. The Bertz CT molecular complexity index is 521. The number of benzene rings is 1. The zero-order valence-electron chi connectivity index (χ0n) is 12.3. The molecule has 1 heterocycles. The predicted molar refractivity (Wildman–Crippen MR) is 80.5 cm³/mol. The van der Waals surface area contributed by atoms with E-state index in [1.165, 1.54) is 0 Å². The van der Waals surface area contributed by atoms with Crippen LogP contribution in [0.4, 0.5) is 0 Å². The van der Waals surface area contributed by atoms with Crippen molar-refractivity contribution in [2.45, 2.75) is 45.4 Å². The maximum Gasteiger partial charge on any atom is 0.123 e. The number of furan rings is 1. The van der Waals surface area contributed by atoms with E-state index in [-0.39, 0.29) is 12.1 Å². The van der Waals surface area contributed by atoms with Crippen molar-refractivity contribution in [3.8, 4) is 0 Å². The fraction of sp³-hybridized carbons (Fsp3) is 0.412. The molecular formula is C17H23NO2. The molecule has 0 aliphatic rings. The molecule has 20 heavy (non-hydrogen) atoms. The molecule has 0 bridgehead atoms. The van der Waals surface area contributed by atoms with E-state index in [0.717, 1.165) is 16.9 Å². The molecule has 0 aliphatic heterocycles. The maximum atomic E-state index is 10.2. The molecule has 0 saturated carbocycles. The van der Waals surface area contributed by atoms with E-state index < -0.39 is 6.10 Å². The van der Waals surface area contributed by atoms with Crippen molar-refractivity contribution in [2.75, 3.05) is 0 Å². The highest BCUT2D eigenvalue weighted by Gasteiger charge is 2.17. The number of rotatable bonds is 6. The largest absolute Gasteiger partial charge is 0.467 e. The Hall–Kier alpha value is -1.58. The summed E-state index contributed by atoms with van der Waals surface area (Å²) in [6.45, 7) is 6.21. The molecule has 108 valence electrons. The van der Waals surface area contributed by atoms with Crippen molar-refractivity contribution in [2.24, 2.45) is 0 Å². The number of aliphatic hydroxyl groups excluding tert-OH is 1. The average molecular weight is 273 g/mol. The van der Waals surface area contributed by atoms with Gasteiger partial charge in [-0.1, -0.05) is 30.3 Å². The van der Waals surface area contributed by atoms with Crippen LogP contribution >= 0.6 is 0 Å². The van der Waals surface area contributed by atoms with Crippen molar-refractivity contribution in [1.29, 1.82) is 0 Å². The Morgan fingerprint density at radius 1 is 1.15 bits per heavy atom. The lowest BCUT2D eigenvalue weighted by Crippen LogP contribution is -2.30. The van der Waals surface area contributed by atoms with Gasteiger partial charge in [0.25, 0.3) is 0 Å². The quantitative estimate of drug-likeness (QED) is 0.842. The van der Waals surface area contributed by atoms with Crippen molar-refractivity contribution in [3.63, 3.8) is 0 Å². The summed E-state index contributed by atoms with van der Waals surface area (Å²) in [6.07, 6.45) is 1.95. The molecule has 0 saturated heterocycles. The number of aliphatic hydroxyl groups is 1. The van der Waals surface area contributed by atoms with Crippen molar-refractivity contribution < 1.29 is 9.52 Å². The first-order chi connectivity index (χ1) is 9.58. The molecule has 1 aromatic heterocycles. The molecule has 0 spiro atoms. The first kappa shape index (κ1) is 14.8. The van der Waals surface area contributed by atoms with Crippen LogP contribution in [0.15, 0.2) is 47.1 Å². The van der Waals surface area contributed by atoms with Crippen LogP contribution in [0.3, 0.4) is 0 Å². The second kappa shape index (κ2) is 6.73. The van der Waals surface area contributed by atoms with Crippen LogP contribution < -0.4 is 5.32 Å². The predicted octanol–water partition coefficient (Wildman–Crippen LogP) is 3.75. The summed E-state index contributed by atoms with van der Waals surface area (Å²) in [7, 11) is 0. The van der Waals surface area contributed by atoms with Gasteiger partial charge in [-0.2, -0.15) is 0 Å². The third-order valence-corrected chi connectivity index (χ3v) is 3.59. The molecular weight excluding hydrogens is 250 g/mol. The van der Waals surface area contributed by atoms with E-state index in [1.807, 2.05) is 43.3 Å². The minimum absolute atomic E-state index is 0.142.